The Morgan fingerprint density at radius 2 is 2.10 bits per heavy atom. The second-order valence-corrected chi connectivity index (χ2v) is 2.93. The van der Waals surface area contributed by atoms with Gasteiger partial charge in [-0.05, 0) is 12.2 Å². The maximum absolute atomic E-state index is 4.87. The molecule has 0 heterocycles. The van der Waals surface area contributed by atoms with Gasteiger partial charge in [0.05, 0.1) is 5.94 Å². The van der Waals surface area contributed by atoms with E-state index in [1.54, 1.807) is 7.11 Å². The predicted octanol–water partition coefficient (Wildman–Crippen LogP) is -0.668. The molecule has 0 saturated heterocycles. The first kappa shape index (κ1) is 13.5. The van der Waals surface area contributed by atoms with E-state index in [0.29, 0.717) is 0 Å². The van der Waals surface area contributed by atoms with Crippen LogP contribution in [0, 0.1) is 6.92 Å². The molecule has 10 heavy (non-hydrogen) atoms. The molecule has 0 N–H and O–H groups in total. The van der Waals surface area contributed by atoms with Crippen LogP contribution in [-0.2, 0) is 4.74 Å². The van der Waals surface area contributed by atoms with Gasteiger partial charge >= 0.3 is 18.9 Å². The Hall–Kier alpha value is 0.907. The van der Waals surface area contributed by atoms with E-state index in [1.807, 2.05) is 11.8 Å². The summed E-state index contributed by atoms with van der Waals surface area (Å²) in [6, 6.07) is 0. The summed E-state index contributed by atoms with van der Waals surface area (Å²) in [5, 5.41) is 0. The molecule has 0 atom stereocenters. The van der Waals surface area contributed by atoms with Gasteiger partial charge in [0.25, 0.3) is 0 Å². The minimum Gasteiger partial charge on any atom is -0.374 e. The second-order valence-electron chi connectivity index (χ2n) is 1.88. The van der Waals surface area contributed by atoms with Crippen molar-refractivity contribution < 1.29 is 23.6 Å². The summed E-state index contributed by atoms with van der Waals surface area (Å²) in [4.78, 5) is 0. The Balaban J connectivity index is 0. The minimum atomic E-state index is 0. The molecule has 0 aromatic carbocycles. The second kappa shape index (κ2) is 12.6. The summed E-state index contributed by atoms with van der Waals surface area (Å²) in [5.74, 6) is 2.04. The number of rotatable bonds is 6. The Bertz CT molecular complexity index is 46.9. The number of unbranched alkanes of at least 4 members (excludes halogenated alkanes) is 2. The van der Waals surface area contributed by atoms with E-state index in [-0.39, 0.29) is 18.9 Å². The van der Waals surface area contributed by atoms with Crippen molar-refractivity contribution in [1.29, 1.82) is 0 Å². The van der Waals surface area contributed by atoms with Gasteiger partial charge in [0, 0.05) is 7.11 Å². The zero-order valence-electron chi connectivity index (χ0n) is 7.06. The van der Waals surface area contributed by atoms with Gasteiger partial charge in [0.2, 0.25) is 0 Å². The molecule has 3 heteroatoms. The molecule has 0 amide bonds. The van der Waals surface area contributed by atoms with E-state index < -0.39 is 0 Å². The molecule has 0 aromatic rings. The van der Waals surface area contributed by atoms with E-state index in [2.05, 4.69) is 6.92 Å². The molecular formula is C7H15LiOS. The van der Waals surface area contributed by atoms with Crippen LogP contribution in [0.4, 0.5) is 0 Å². The van der Waals surface area contributed by atoms with Crippen LogP contribution in [0.5, 0.6) is 0 Å². The van der Waals surface area contributed by atoms with Crippen molar-refractivity contribution in [3.8, 4) is 0 Å². The number of hydrogen-bond donors (Lipinski definition) is 0. The smallest absolute Gasteiger partial charge is 0.374 e. The maximum Gasteiger partial charge on any atom is 1.00 e. The molecule has 0 rings (SSSR count). The number of methoxy groups -OCH3 is 1. The summed E-state index contributed by atoms with van der Waals surface area (Å²) >= 11 is 1.84. The number of ether oxygens (including phenoxy) is 1. The monoisotopic (exact) mass is 154 g/mol. The normalized spacial score (nSPS) is 9.00. The van der Waals surface area contributed by atoms with Crippen LogP contribution in [0.1, 0.15) is 19.3 Å². The molecule has 0 saturated carbocycles. The van der Waals surface area contributed by atoms with Gasteiger partial charge < -0.3 is 11.7 Å². The minimum absolute atomic E-state index is 0. The van der Waals surface area contributed by atoms with Crippen LogP contribution in [0.25, 0.3) is 0 Å². The molecule has 0 unspecified atom stereocenters. The summed E-state index contributed by atoms with van der Waals surface area (Å²) in [6.07, 6.45) is 3.59. The van der Waals surface area contributed by atoms with Crippen LogP contribution < -0.4 is 18.9 Å². The summed E-state index contributed by atoms with van der Waals surface area (Å²) in [6.45, 7) is 3.76. The Labute approximate surface area is 80.5 Å². The van der Waals surface area contributed by atoms with Gasteiger partial charge in [0.1, 0.15) is 0 Å². The topological polar surface area (TPSA) is 9.23 Å². The third-order valence-electron chi connectivity index (χ3n) is 0.990. The van der Waals surface area contributed by atoms with E-state index >= 15 is 0 Å². The fraction of sp³-hybridized carbons (Fsp3) is 0.857. The van der Waals surface area contributed by atoms with E-state index in [4.69, 9.17) is 4.74 Å². The van der Waals surface area contributed by atoms with Crippen molar-refractivity contribution in [2.45, 2.75) is 19.3 Å². The van der Waals surface area contributed by atoms with Crippen molar-refractivity contribution in [3.63, 3.8) is 0 Å². The van der Waals surface area contributed by atoms with Crippen LogP contribution >= 0.6 is 11.8 Å². The van der Waals surface area contributed by atoms with Crippen molar-refractivity contribution in [2.24, 2.45) is 0 Å². The average molecular weight is 154 g/mol. The van der Waals surface area contributed by atoms with E-state index in [9.17, 15) is 0 Å². The van der Waals surface area contributed by atoms with Crippen molar-refractivity contribution in [2.75, 3.05) is 18.8 Å². The molecule has 0 bridgehead atoms. The first-order chi connectivity index (χ1) is 4.41. The number of thioether (sulfide) groups is 1. The third kappa shape index (κ3) is 11.7. The molecule has 0 aromatic heterocycles. The SMILES string of the molecule is [CH2-]CCCCSCOC.[Li+]. The zero-order valence-corrected chi connectivity index (χ0v) is 7.88. The molecule has 0 aliphatic rings. The summed E-state index contributed by atoms with van der Waals surface area (Å²) in [5.41, 5.74) is 0. The van der Waals surface area contributed by atoms with Crippen LogP contribution in [0.2, 0.25) is 0 Å². The molecule has 0 spiro atoms. The Morgan fingerprint density at radius 3 is 2.60 bits per heavy atom. The summed E-state index contributed by atoms with van der Waals surface area (Å²) in [7, 11) is 1.73. The van der Waals surface area contributed by atoms with Crippen LogP contribution in [-0.4, -0.2) is 18.8 Å². The van der Waals surface area contributed by atoms with Gasteiger partial charge in [-0.25, -0.2) is 0 Å². The van der Waals surface area contributed by atoms with Gasteiger partial charge in [0.15, 0.2) is 0 Å². The largest absolute Gasteiger partial charge is 1.00 e. The molecule has 0 radical (unpaired) electrons. The third-order valence-corrected chi connectivity index (χ3v) is 1.97. The number of hydrogen-bond acceptors (Lipinski definition) is 2. The quantitative estimate of drug-likeness (QED) is 0.217. The van der Waals surface area contributed by atoms with Crippen molar-refractivity contribution in [1.82, 2.24) is 0 Å². The molecule has 0 fully saturated rings. The first-order valence-corrected chi connectivity index (χ1v) is 4.43. The van der Waals surface area contributed by atoms with E-state index in [0.717, 1.165) is 12.4 Å². The van der Waals surface area contributed by atoms with E-state index in [1.165, 1.54) is 18.6 Å². The first-order valence-electron chi connectivity index (χ1n) is 3.27. The summed E-state index contributed by atoms with van der Waals surface area (Å²) < 4.78 is 4.87. The predicted molar refractivity (Wildman–Crippen MR) is 43.5 cm³/mol. The average Bonchev–Trinajstić information content (AvgIpc) is 1.89. The van der Waals surface area contributed by atoms with Gasteiger partial charge in [-0.15, -0.1) is 11.8 Å². The van der Waals surface area contributed by atoms with Crippen LogP contribution in [0.3, 0.4) is 0 Å². The standard InChI is InChI=1S/C7H15OS.Li/c1-3-4-5-6-9-7-8-2;/h1,3-7H2,2H3;/q-1;+1. The van der Waals surface area contributed by atoms with Crippen molar-refractivity contribution in [3.05, 3.63) is 6.92 Å². The van der Waals surface area contributed by atoms with Crippen molar-refractivity contribution >= 4 is 11.8 Å². The zero-order chi connectivity index (χ0) is 6.95. The van der Waals surface area contributed by atoms with Gasteiger partial charge in [-0.1, -0.05) is 6.42 Å². The fourth-order valence-corrected chi connectivity index (χ4v) is 1.22. The molecule has 56 valence electrons. The maximum atomic E-state index is 4.87. The Morgan fingerprint density at radius 1 is 1.40 bits per heavy atom. The molecule has 0 aliphatic carbocycles. The Kier molecular flexibility index (Phi) is 17.0. The molecular weight excluding hydrogens is 139 g/mol. The van der Waals surface area contributed by atoms with Gasteiger partial charge in [-0.3, -0.25) is 0 Å². The molecule has 0 aliphatic heterocycles. The molecule has 1 nitrogen and oxygen atoms in total. The fourth-order valence-electron chi connectivity index (χ4n) is 0.523. The van der Waals surface area contributed by atoms with Crippen LogP contribution in [0.15, 0.2) is 0 Å². The van der Waals surface area contributed by atoms with Gasteiger partial charge in [-0.2, -0.15) is 6.42 Å².